The molecule has 0 bridgehead atoms. The number of hydrogen-bond donors (Lipinski definition) is 1. The Morgan fingerprint density at radius 2 is 1.75 bits per heavy atom. The number of piperidine rings is 1. The zero-order valence-corrected chi connectivity index (χ0v) is 14.9. The number of benzene rings is 1. The summed E-state index contributed by atoms with van der Waals surface area (Å²) in [5.41, 5.74) is 1.10. The summed E-state index contributed by atoms with van der Waals surface area (Å²) < 4.78 is 0. The maximum absolute atomic E-state index is 12.3. The van der Waals surface area contributed by atoms with Gasteiger partial charge in [-0.15, -0.1) is 0 Å². The first-order chi connectivity index (χ1) is 11.3. The van der Waals surface area contributed by atoms with Gasteiger partial charge in [-0.1, -0.05) is 51.1 Å². The van der Waals surface area contributed by atoms with Crippen LogP contribution in [-0.4, -0.2) is 36.3 Å². The number of nitrogens with one attached hydrogen (secondary N) is 1. The lowest BCUT2D eigenvalue weighted by Crippen LogP contribution is -2.36. The number of carbonyl (C=O) groups is 2. The van der Waals surface area contributed by atoms with E-state index in [0.29, 0.717) is 30.6 Å². The predicted octanol–water partition coefficient (Wildman–Crippen LogP) is 2.49. The highest BCUT2D eigenvalue weighted by atomic mass is 16.2. The molecule has 130 valence electrons. The van der Waals surface area contributed by atoms with Gasteiger partial charge in [0.25, 0.3) is 0 Å². The molecule has 1 aliphatic carbocycles. The van der Waals surface area contributed by atoms with Crippen LogP contribution < -0.4 is 5.32 Å². The molecule has 2 atom stereocenters. The molecule has 3 rings (SSSR count). The van der Waals surface area contributed by atoms with Crippen molar-refractivity contribution < 1.29 is 9.59 Å². The van der Waals surface area contributed by atoms with E-state index in [4.69, 9.17) is 0 Å². The Balaban J connectivity index is 1.38. The van der Waals surface area contributed by atoms with Crippen molar-refractivity contribution in [2.45, 2.75) is 33.6 Å². The number of amides is 2. The van der Waals surface area contributed by atoms with Crippen LogP contribution >= 0.6 is 0 Å². The summed E-state index contributed by atoms with van der Waals surface area (Å²) in [5, 5.41) is 3.06. The van der Waals surface area contributed by atoms with Crippen molar-refractivity contribution in [3.8, 4) is 0 Å². The minimum absolute atomic E-state index is 0.0503. The lowest BCUT2D eigenvalue weighted by atomic mass is 9.91. The third-order valence-electron chi connectivity index (χ3n) is 5.15. The Morgan fingerprint density at radius 3 is 2.33 bits per heavy atom. The number of fused-ring (bicyclic) bond motifs is 1. The molecule has 2 amide bonds. The Kier molecular flexibility index (Phi) is 4.66. The Morgan fingerprint density at radius 1 is 1.12 bits per heavy atom. The molecule has 0 radical (unpaired) electrons. The molecule has 4 heteroatoms. The van der Waals surface area contributed by atoms with Crippen molar-refractivity contribution in [1.82, 2.24) is 10.2 Å². The summed E-state index contributed by atoms with van der Waals surface area (Å²) in [6, 6.07) is 9.82. The van der Waals surface area contributed by atoms with E-state index in [1.165, 1.54) is 0 Å². The van der Waals surface area contributed by atoms with E-state index >= 15 is 0 Å². The van der Waals surface area contributed by atoms with Gasteiger partial charge in [-0.2, -0.15) is 0 Å². The van der Waals surface area contributed by atoms with Gasteiger partial charge in [0.2, 0.25) is 11.8 Å². The molecule has 0 spiro atoms. The van der Waals surface area contributed by atoms with E-state index in [-0.39, 0.29) is 17.2 Å². The van der Waals surface area contributed by atoms with Crippen molar-refractivity contribution in [2.75, 3.05) is 19.6 Å². The molecular formula is C20H28N2O2. The molecule has 1 aromatic carbocycles. The molecule has 2 unspecified atom stereocenters. The molecule has 1 aliphatic heterocycles. The summed E-state index contributed by atoms with van der Waals surface area (Å²) >= 11 is 0. The highest BCUT2D eigenvalue weighted by Gasteiger charge is 2.56. The van der Waals surface area contributed by atoms with Crippen LogP contribution in [0.2, 0.25) is 0 Å². The van der Waals surface area contributed by atoms with Crippen molar-refractivity contribution in [1.29, 1.82) is 0 Å². The molecule has 1 saturated heterocycles. The number of carbonyl (C=O) groups excluding carboxylic acids is 2. The van der Waals surface area contributed by atoms with E-state index in [0.717, 1.165) is 25.2 Å². The minimum Gasteiger partial charge on any atom is -0.356 e. The van der Waals surface area contributed by atoms with Crippen LogP contribution in [0.25, 0.3) is 0 Å². The van der Waals surface area contributed by atoms with Crippen LogP contribution in [0.3, 0.4) is 0 Å². The standard InChI is InChI=1S/C20H28N2O2/c1-20(2,3)10-19(24)22-12-16-15(17(16)13-22)11-21-18(23)9-14-7-5-4-6-8-14/h4-8,15-17H,9-13H2,1-3H3,(H,21,23). The summed E-state index contributed by atoms with van der Waals surface area (Å²) in [6.45, 7) is 8.81. The van der Waals surface area contributed by atoms with Crippen molar-refractivity contribution in [3.63, 3.8) is 0 Å². The van der Waals surface area contributed by atoms with E-state index < -0.39 is 0 Å². The van der Waals surface area contributed by atoms with Gasteiger partial charge in [-0.25, -0.2) is 0 Å². The maximum atomic E-state index is 12.3. The van der Waals surface area contributed by atoms with Gasteiger partial charge < -0.3 is 10.2 Å². The highest BCUT2D eigenvalue weighted by molar-refractivity contribution is 5.79. The minimum atomic E-state index is 0.0503. The second kappa shape index (κ2) is 6.58. The fourth-order valence-corrected chi connectivity index (χ4v) is 3.80. The van der Waals surface area contributed by atoms with E-state index in [1.54, 1.807) is 0 Å². The van der Waals surface area contributed by atoms with Gasteiger partial charge in [0.05, 0.1) is 6.42 Å². The fourth-order valence-electron chi connectivity index (χ4n) is 3.80. The van der Waals surface area contributed by atoms with Gasteiger partial charge in [0.15, 0.2) is 0 Å². The Hall–Kier alpha value is -1.84. The fraction of sp³-hybridized carbons (Fsp3) is 0.600. The van der Waals surface area contributed by atoms with Gasteiger partial charge in [0, 0.05) is 26.1 Å². The quantitative estimate of drug-likeness (QED) is 0.903. The molecule has 1 aromatic rings. The maximum Gasteiger partial charge on any atom is 0.224 e. The predicted molar refractivity (Wildman–Crippen MR) is 94.3 cm³/mol. The molecule has 2 aliphatic rings. The number of hydrogen-bond acceptors (Lipinski definition) is 2. The molecule has 4 nitrogen and oxygen atoms in total. The first-order valence-electron chi connectivity index (χ1n) is 8.92. The molecule has 2 fully saturated rings. The van der Waals surface area contributed by atoms with Crippen molar-refractivity contribution >= 4 is 11.8 Å². The SMILES string of the molecule is CC(C)(C)CC(=O)N1CC2C(CNC(=O)Cc3ccccc3)C2C1. The normalized spacial score (nSPS) is 25.3. The largest absolute Gasteiger partial charge is 0.356 e. The molecule has 0 aromatic heterocycles. The average Bonchev–Trinajstić information content (AvgIpc) is 2.94. The molecule has 1 heterocycles. The van der Waals surface area contributed by atoms with E-state index in [2.05, 4.69) is 26.1 Å². The summed E-state index contributed by atoms with van der Waals surface area (Å²) in [5.74, 6) is 2.11. The van der Waals surface area contributed by atoms with E-state index in [1.807, 2.05) is 35.2 Å². The zero-order chi connectivity index (χ0) is 17.3. The van der Waals surface area contributed by atoms with E-state index in [9.17, 15) is 9.59 Å². The first kappa shape index (κ1) is 17.0. The monoisotopic (exact) mass is 328 g/mol. The third kappa shape index (κ3) is 4.16. The van der Waals surface area contributed by atoms with Crippen molar-refractivity contribution in [2.24, 2.45) is 23.2 Å². The second-order valence-corrected chi connectivity index (χ2v) is 8.49. The van der Waals surface area contributed by atoms with Gasteiger partial charge in [0.1, 0.15) is 0 Å². The van der Waals surface area contributed by atoms with Gasteiger partial charge >= 0.3 is 0 Å². The van der Waals surface area contributed by atoms with Crippen molar-refractivity contribution in [3.05, 3.63) is 35.9 Å². The Bertz CT molecular complexity index is 594. The first-order valence-corrected chi connectivity index (χ1v) is 8.92. The zero-order valence-electron chi connectivity index (χ0n) is 14.9. The van der Waals surface area contributed by atoms with Gasteiger partial charge in [-0.05, 0) is 28.7 Å². The molecule has 1 N–H and O–H groups in total. The lowest BCUT2D eigenvalue weighted by molar-refractivity contribution is -0.132. The van der Waals surface area contributed by atoms with Crippen LogP contribution in [0, 0.1) is 23.2 Å². The molecular weight excluding hydrogens is 300 g/mol. The Labute approximate surface area is 144 Å². The lowest BCUT2D eigenvalue weighted by Gasteiger charge is -2.25. The highest BCUT2D eigenvalue weighted by Crippen LogP contribution is 2.51. The summed E-state index contributed by atoms with van der Waals surface area (Å²) in [4.78, 5) is 26.3. The number of likely N-dealkylation sites (tertiary alicyclic amines) is 1. The summed E-state index contributed by atoms with van der Waals surface area (Å²) in [6.07, 6.45) is 1.06. The number of nitrogens with zero attached hydrogens (tertiary/aromatic N) is 1. The number of rotatable bonds is 5. The third-order valence-corrected chi connectivity index (χ3v) is 5.15. The van der Waals surface area contributed by atoms with Gasteiger partial charge in [-0.3, -0.25) is 9.59 Å². The van der Waals surface area contributed by atoms with Crippen LogP contribution in [0.1, 0.15) is 32.8 Å². The topological polar surface area (TPSA) is 49.4 Å². The van der Waals surface area contributed by atoms with Crippen LogP contribution in [0.15, 0.2) is 30.3 Å². The average molecular weight is 328 g/mol. The summed E-state index contributed by atoms with van der Waals surface area (Å²) in [7, 11) is 0. The van der Waals surface area contributed by atoms with Crippen LogP contribution in [0.4, 0.5) is 0 Å². The smallest absolute Gasteiger partial charge is 0.224 e. The molecule has 1 saturated carbocycles. The second-order valence-electron chi connectivity index (χ2n) is 8.49. The van der Waals surface area contributed by atoms with Crippen LogP contribution in [-0.2, 0) is 16.0 Å². The molecule has 24 heavy (non-hydrogen) atoms. The van der Waals surface area contributed by atoms with Crippen LogP contribution in [0.5, 0.6) is 0 Å².